The van der Waals surface area contributed by atoms with Crippen LogP contribution in [0.25, 0.3) is 0 Å². The molecule has 22 heavy (non-hydrogen) atoms. The van der Waals surface area contributed by atoms with Gasteiger partial charge in [-0.05, 0) is 42.2 Å². The van der Waals surface area contributed by atoms with E-state index >= 15 is 0 Å². The molecule has 0 spiro atoms. The molecule has 2 rings (SSSR count). The zero-order valence-electron chi connectivity index (χ0n) is 13.9. The number of amides is 1. The van der Waals surface area contributed by atoms with E-state index in [0.717, 1.165) is 11.1 Å². The smallest absolute Gasteiger partial charge is 0.255 e. The first-order chi connectivity index (χ1) is 10.3. The highest BCUT2D eigenvalue weighted by Gasteiger charge is 2.17. The monoisotopic (exact) mass is 297 g/mol. The second-order valence-corrected chi connectivity index (χ2v) is 6.49. The van der Waals surface area contributed by atoms with Gasteiger partial charge in [0, 0.05) is 5.56 Å². The van der Waals surface area contributed by atoms with E-state index in [1.807, 2.05) is 49.4 Å². The van der Waals surface area contributed by atoms with Crippen molar-refractivity contribution in [2.75, 3.05) is 12.4 Å². The number of ether oxygens (including phenoxy) is 1. The maximum atomic E-state index is 12.4. The van der Waals surface area contributed by atoms with Crippen LogP contribution >= 0.6 is 0 Å². The third kappa shape index (κ3) is 3.67. The fraction of sp³-hybridized carbons (Fsp3) is 0.316. The van der Waals surface area contributed by atoms with Gasteiger partial charge in [0.05, 0.1) is 12.8 Å². The molecule has 0 atom stereocenters. The van der Waals surface area contributed by atoms with Gasteiger partial charge in [-0.2, -0.15) is 0 Å². The van der Waals surface area contributed by atoms with Crippen molar-refractivity contribution in [3.8, 4) is 5.75 Å². The molecule has 3 nitrogen and oxygen atoms in total. The highest BCUT2D eigenvalue weighted by atomic mass is 16.5. The van der Waals surface area contributed by atoms with E-state index < -0.39 is 0 Å². The number of hydrogen-bond donors (Lipinski definition) is 1. The number of anilines is 1. The summed E-state index contributed by atoms with van der Waals surface area (Å²) in [4.78, 5) is 12.4. The van der Waals surface area contributed by atoms with Crippen molar-refractivity contribution in [2.45, 2.75) is 33.1 Å². The lowest BCUT2D eigenvalue weighted by Gasteiger charge is -2.21. The van der Waals surface area contributed by atoms with Crippen molar-refractivity contribution in [3.63, 3.8) is 0 Å². The van der Waals surface area contributed by atoms with Gasteiger partial charge in [-0.3, -0.25) is 4.79 Å². The van der Waals surface area contributed by atoms with Crippen LogP contribution in [-0.2, 0) is 5.41 Å². The minimum absolute atomic E-state index is 0.00901. The molecule has 2 aromatic rings. The van der Waals surface area contributed by atoms with Crippen LogP contribution < -0.4 is 10.1 Å². The van der Waals surface area contributed by atoms with E-state index in [-0.39, 0.29) is 11.3 Å². The van der Waals surface area contributed by atoms with Crippen molar-refractivity contribution < 1.29 is 9.53 Å². The molecule has 0 saturated carbocycles. The fourth-order valence-corrected chi connectivity index (χ4v) is 2.25. The van der Waals surface area contributed by atoms with Crippen molar-refractivity contribution in [1.29, 1.82) is 0 Å². The molecular weight excluding hydrogens is 274 g/mol. The topological polar surface area (TPSA) is 38.3 Å². The first kappa shape index (κ1) is 16.1. The molecule has 0 unspecified atom stereocenters. The van der Waals surface area contributed by atoms with Gasteiger partial charge < -0.3 is 10.1 Å². The summed E-state index contributed by atoms with van der Waals surface area (Å²) in [5.74, 6) is 0.530. The van der Waals surface area contributed by atoms with Gasteiger partial charge in [0.25, 0.3) is 5.91 Å². The Morgan fingerprint density at radius 3 is 2.41 bits per heavy atom. The van der Waals surface area contributed by atoms with Crippen LogP contribution in [0, 0.1) is 6.92 Å². The average molecular weight is 297 g/mol. The second kappa shape index (κ2) is 6.22. The van der Waals surface area contributed by atoms with Gasteiger partial charge in [0.15, 0.2) is 0 Å². The third-order valence-corrected chi connectivity index (χ3v) is 3.59. The normalized spacial score (nSPS) is 11.1. The Kier molecular flexibility index (Phi) is 4.55. The molecule has 0 aromatic heterocycles. The molecule has 0 fully saturated rings. The van der Waals surface area contributed by atoms with Gasteiger partial charge >= 0.3 is 0 Å². The zero-order valence-corrected chi connectivity index (χ0v) is 13.9. The Balaban J connectivity index is 2.33. The minimum Gasteiger partial charge on any atom is -0.495 e. The van der Waals surface area contributed by atoms with Gasteiger partial charge in [-0.1, -0.05) is 44.5 Å². The van der Waals surface area contributed by atoms with E-state index in [1.54, 1.807) is 7.11 Å². The van der Waals surface area contributed by atoms with Gasteiger partial charge in [0.1, 0.15) is 5.75 Å². The summed E-state index contributed by atoms with van der Waals surface area (Å²) in [6.45, 7) is 8.39. The van der Waals surface area contributed by atoms with E-state index in [9.17, 15) is 4.79 Å². The molecule has 1 amide bonds. The Labute approximate surface area is 132 Å². The summed E-state index contributed by atoms with van der Waals surface area (Å²) in [5.41, 5.74) is 3.55. The predicted molar refractivity (Wildman–Crippen MR) is 90.8 cm³/mol. The van der Waals surface area contributed by atoms with Crippen LogP contribution in [0.5, 0.6) is 5.75 Å². The maximum absolute atomic E-state index is 12.4. The second-order valence-electron chi connectivity index (χ2n) is 6.49. The average Bonchev–Trinajstić information content (AvgIpc) is 2.46. The summed E-state index contributed by atoms with van der Waals surface area (Å²) in [6.07, 6.45) is 0. The largest absolute Gasteiger partial charge is 0.495 e. The van der Waals surface area contributed by atoms with E-state index in [2.05, 4.69) is 26.1 Å². The van der Waals surface area contributed by atoms with E-state index in [1.165, 1.54) is 0 Å². The molecule has 116 valence electrons. The van der Waals surface area contributed by atoms with Crippen LogP contribution in [0.3, 0.4) is 0 Å². The number of hydrogen-bond acceptors (Lipinski definition) is 2. The van der Waals surface area contributed by atoms with Crippen molar-refractivity contribution in [2.24, 2.45) is 0 Å². The van der Waals surface area contributed by atoms with Crippen LogP contribution in [-0.4, -0.2) is 13.0 Å². The number of aryl methyl sites for hydroxylation is 1. The lowest BCUT2D eigenvalue weighted by atomic mass is 9.87. The van der Waals surface area contributed by atoms with Gasteiger partial charge in [-0.15, -0.1) is 0 Å². The Morgan fingerprint density at radius 2 is 1.82 bits per heavy atom. The van der Waals surface area contributed by atoms with Crippen molar-refractivity contribution in [3.05, 3.63) is 59.2 Å². The van der Waals surface area contributed by atoms with Crippen molar-refractivity contribution in [1.82, 2.24) is 0 Å². The summed E-state index contributed by atoms with van der Waals surface area (Å²) < 4.78 is 5.36. The molecule has 0 heterocycles. The van der Waals surface area contributed by atoms with Crippen molar-refractivity contribution >= 4 is 11.6 Å². The first-order valence-corrected chi connectivity index (χ1v) is 7.38. The van der Waals surface area contributed by atoms with Gasteiger partial charge in [0.2, 0.25) is 0 Å². The zero-order chi connectivity index (χ0) is 16.3. The number of benzene rings is 2. The highest BCUT2D eigenvalue weighted by Crippen LogP contribution is 2.31. The molecule has 0 aliphatic carbocycles. The Bertz CT molecular complexity index is 684. The van der Waals surface area contributed by atoms with E-state index in [0.29, 0.717) is 17.0 Å². The van der Waals surface area contributed by atoms with Crippen LogP contribution in [0.15, 0.2) is 42.5 Å². The molecule has 0 radical (unpaired) electrons. The molecule has 3 heteroatoms. The number of carbonyl (C=O) groups is 1. The molecule has 0 saturated heterocycles. The minimum atomic E-state index is -0.131. The quantitative estimate of drug-likeness (QED) is 0.902. The lowest BCUT2D eigenvalue weighted by Crippen LogP contribution is -2.15. The SMILES string of the molecule is COc1ccc(C(C)(C)C)cc1NC(=O)c1cccc(C)c1. The Morgan fingerprint density at radius 1 is 1.09 bits per heavy atom. The molecule has 0 aliphatic heterocycles. The number of methoxy groups -OCH3 is 1. The summed E-state index contributed by atoms with van der Waals surface area (Å²) in [7, 11) is 1.61. The fourth-order valence-electron chi connectivity index (χ4n) is 2.25. The standard InChI is InChI=1S/C19H23NO2/c1-13-7-6-8-14(11-13)18(21)20-16-12-15(19(2,3)4)9-10-17(16)22-5/h6-12H,1-5H3,(H,20,21). The Hall–Kier alpha value is -2.29. The maximum Gasteiger partial charge on any atom is 0.255 e. The number of rotatable bonds is 3. The molecular formula is C19H23NO2. The first-order valence-electron chi connectivity index (χ1n) is 7.38. The lowest BCUT2D eigenvalue weighted by molar-refractivity contribution is 0.102. The molecule has 0 bridgehead atoms. The molecule has 2 aromatic carbocycles. The highest BCUT2D eigenvalue weighted by molar-refractivity contribution is 6.05. The molecule has 0 aliphatic rings. The number of carbonyl (C=O) groups excluding carboxylic acids is 1. The predicted octanol–water partition coefficient (Wildman–Crippen LogP) is 4.55. The van der Waals surface area contributed by atoms with Crippen LogP contribution in [0.2, 0.25) is 0 Å². The summed E-state index contributed by atoms with van der Waals surface area (Å²) in [6, 6.07) is 13.4. The summed E-state index contributed by atoms with van der Waals surface area (Å²) in [5, 5.41) is 2.95. The number of nitrogens with one attached hydrogen (secondary N) is 1. The third-order valence-electron chi connectivity index (χ3n) is 3.59. The van der Waals surface area contributed by atoms with Crippen LogP contribution in [0.1, 0.15) is 42.3 Å². The molecule has 1 N–H and O–H groups in total. The van der Waals surface area contributed by atoms with Gasteiger partial charge in [-0.25, -0.2) is 0 Å². The van der Waals surface area contributed by atoms with E-state index in [4.69, 9.17) is 4.74 Å². The van der Waals surface area contributed by atoms with Crippen LogP contribution in [0.4, 0.5) is 5.69 Å². The summed E-state index contributed by atoms with van der Waals surface area (Å²) >= 11 is 0.